The second kappa shape index (κ2) is 5.26. The topological polar surface area (TPSA) is 80.5 Å². The van der Waals surface area contributed by atoms with Crippen LogP contribution in [0.15, 0.2) is 12.3 Å². The Balaban J connectivity index is 2.16. The van der Waals surface area contributed by atoms with Crippen molar-refractivity contribution in [3.05, 3.63) is 27.4 Å². The van der Waals surface area contributed by atoms with Gasteiger partial charge in [0, 0.05) is 25.4 Å². The summed E-state index contributed by atoms with van der Waals surface area (Å²) in [6.45, 7) is 2.49. The van der Waals surface area contributed by atoms with E-state index in [1.54, 1.807) is 0 Å². The van der Waals surface area contributed by atoms with Crippen LogP contribution in [0.4, 0.5) is 11.5 Å². The third-order valence-corrected chi connectivity index (χ3v) is 2.51. The highest BCUT2D eigenvalue weighted by Gasteiger charge is 2.19. The Morgan fingerprint density at radius 3 is 2.88 bits per heavy atom. The smallest absolute Gasteiger partial charge is 0.314 e. The molecule has 0 bridgehead atoms. The van der Waals surface area contributed by atoms with E-state index in [2.05, 4.69) is 10.4 Å². The van der Waals surface area contributed by atoms with Crippen molar-refractivity contribution in [2.24, 2.45) is 0 Å². The number of nitro groups is 1. The quantitative estimate of drug-likeness (QED) is 0.650. The van der Waals surface area contributed by atoms with Crippen molar-refractivity contribution in [3.63, 3.8) is 0 Å². The van der Waals surface area contributed by atoms with Crippen LogP contribution in [-0.2, 0) is 4.74 Å². The molecule has 1 fully saturated rings. The number of morpholine rings is 1. The van der Waals surface area contributed by atoms with Crippen molar-refractivity contribution >= 4 is 23.1 Å². The predicted octanol–water partition coefficient (Wildman–Crippen LogP) is 1.30. The van der Waals surface area contributed by atoms with E-state index in [4.69, 9.17) is 16.3 Å². The highest BCUT2D eigenvalue weighted by molar-refractivity contribution is 6.30. The summed E-state index contributed by atoms with van der Waals surface area (Å²) in [5, 5.41) is 12.9. The molecule has 1 aromatic rings. The van der Waals surface area contributed by atoms with Gasteiger partial charge in [-0.3, -0.25) is 15.5 Å². The van der Waals surface area contributed by atoms with Crippen LogP contribution in [0.1, 0.15) is 0 Å². The van der Waals surface area contributed by atoms with Crippen molar-refractivity contribution in [2.45, 2.75) is 0 Å². The third-order valence-electron chi connectivity index (χ3n) is 2.31. The maximum atomic E-state index is 10.8. The molecule has 92 valence electrons. The summed E-state index contributed by atoms with van der Waals surface area (Å²) in [7, 11) is 0. The molecule has 8 heteroatoms. The van der Waals surface area contributed by atoms with E-state index in [0.29, 0.717) is 26.3 Å². The standard InChI is InChI=1S/C9H11ClN4O3/c10-7-5-8(14(15)16)9(11-6-7)12-13-1-3-17-4-2-13/h5-6H,1-4H2,(H,11,12). The Bertz CT molecular complexity index is 423. The van der Waals surface area contributed by atoms with Gasteiger partial charge in [-0.05, 0) is 0 Å². The molecule has 0 radical (unpaired) electrons. The molecule has 0 spiro atoms. The lowest BCUT2D eigenvalue weighted by Gasteiger charge is -2.27. The molecule has 7 nitrogen and oxygen atoms in total. The molecule has 0 aliphatic carbocycles. The van der Waals surface area contributed by atoms with E-state index in [-0.39, 0.29) is 16.5 Å². The van der Waals surface area contributed by atoms with Crippen LogP contribution in [0, 0.1) is 10.1 Å². The molecule has 2 heterocycles. The number of ether oxygens (including phenoxy) is 1. The summed E-state index contributed by atoms with van der Waals surface area (Å²) in [6, 6.07) is 1.28. The molecule has 1 N–H and O–H groups in total. The lowest BCUT2D eigenvalue weighted by Crippen LogP contribution is -2.40. The number of nitrogens with zero attached hydrogens (tertiary/aromatic N) is 3. The molecule has 1 aliphatic rings. The van der Waals surface area contributed by atoms with E-state index in [9.17, 15) is 10.1 Å². The lowest BCUT2D eigenvalue weighted by molar-refractivity contribution is -0.384. The van der Waals surface area contributed by atoms with Crippen LogP contribution in [0.3, 0.4) is 0 Å². The largest absolute Gasteiger partial charge is 0.379 e. The number of hydrazine groups is 1. The number of pyridine rings is 1. The van der Waals surface area contributed by atoms with Crippen molar-refractivity contribution < 1.29 is 9.66 Å². The first-order chi connectivity index (χ1) is 8.16. The molecule has 2 rings (SSSR count). The zero-order valence-electron chi connectivity index (χ0n) is 8.93. The molecular formula is C9H11ClN4O3. The number of rotatable bonds is 3. The van der Waals surface area contributed by atoms with Gasteiger partial charge in [-0.25, -0.2) is 9.99 Å². The predicted molar refractivity (Wildman–Crippen MR) is 61.9 cm³/mol. The van der Waals surface area contributed by atoms with Crippen LogP contribution in [0.5, 0.6) is 0 Å². The minimum atomic E-state index is -0.512. The van der Waals surface area contributed by atoms with Gasteiger partial charge in [-0.15, -0.1) is 0 Å². The van der Waals surface area contributed by atoms with Gasteiger partial charge in [-0.2, -0.15) is 0 Å². The first-order valence-corrected chi connectivity index (χ1v) is 5.44. The van der Waals surface area contributed by atoms with Gasteiger partial charge in [0.05, 0.1) is 23.2 Å². The number of halogens is 1. The molecule has 0 aromatic carbocycles. The van der Waals surface area contributed by atoms with Gasteiger partial charge < -0.3 is 4.74 Å². The molecule has 0 amide bonds. The first kappa shape index (κ1) is 12.0. The highest BCUT2D eigenvalue weighted by atomic mass is 35.5. The normalized spacial score (nSPS) is 16.8. The van der Waals surface area contributed by atoms with Crippen molar-refractivity contribution in [3.8, 4) is 0 Å². The summed E-state index contributed by atoms with van der Waals surface area (Å²) in [5.74, 6) is 0.196. The summed E-state index contributed by atoms with van der Waals surface area (Å²) in [5.41, 5.74) is 2.76. The van der Waals surface area contributed by atoms with Gasteiger partial charge in [0.1, 0.15) is 0 Å². The second-order valence-corrected chi connectivity index (χ2v) is 3.93. The van der Waals surface area contributed by atoms with Crippen molar-refractivity contribution in [2.75, 3.05) is 31.7 Å². The molecule has 1 aromatic heterocycles. The number of hydrogen-bond donors (Lipinski definition) is 1. The fraction of sp³-hybridized carbons (Fsp3) is 0.444. The zero-order valence-corrected chi connectivity index (χ0v) is 9.68. The average Bonchev–Trinajstić information content (AvgIpc) is 2.32. The maximum absolute atomic E-state index is 10.8. The van der Waals surface area contributed by atoms with E-state index in [0.717, 1.165) is 0 Å². The Morgan fingerprint density at radius 1 is 1.53 bits per heavy atom. The van der Waals surface area contributed by atoms with E-state index in [1.165, 1.54) is 12.3 Å². The molecular weight excluding hydrogens is 248 g/mol. The van der Waals surface area contributed by atoms with E-state index in [1.807, 2.05) is 5.01 Å². The van der Waals surface area contributed by atoms with Gasteiger partial charge >= 0.3 is 5.69 Å². The fourth-order valence-corrected chi connectivity index (χ4v) is 1.63. The minimum absolute atomic E-state index is 0.135. The lowest BCUT2D eigenvalue weighted by atomic mass is 10.4. The van der Waals surface area contributed by atoms with Crippen LogP contribution in [0.2, 0.25) is 5.02 Å². The van der Waals surface area contributed by atoms with Gasteiger partial charge in [0.25, 0.3) is 0 Å². The van der Waals surface area contributed by atoms with Gasteiger partial charge in [0.15, 0.2) is 0 Å². The van der Waals surface area contributed by atoms with Crippen LogP contribution >= 0.6 is 11.6 Å². The summed E-state index contributed by atoms with van der Waals surface area (Å²) in [4.78, 5) is 14.3. The van der Waals surface area contributed by atoms with Crippen LogP contribution < -0.4 is 5.43 Å². The van der Waals surface area contributed by atoms with Crippen molar-refractivity contribution in [1.82, 2.24) is 9.99 Å². The van der Waals surface area contributed by atoms with Crippen LogP contribution in [-0.4, -0.2) is 41.2 Å². The Labute approximate surface area is 102 Å². The number of nitrogens with one attached hydrogen (secondary N) is 1. The maximum Gasteiger partial charge on any atom is 0.314 e. The number of anilines is 1. The Hall–Kier alpha value is -1.44. The van der Waals surface area contributed by atoms with Crippen LogP contribution in [0.25, 0.3) is 0 Å². The fourth-order valence-electron chi connectivity index (χ4n) is 1.48. The molecule has 1 aliphatic heterocycles. The summed E-state index contributed by atoms with van der Waals surface area (Å²) in [6.07, 6.45) is 1.37. The Kier molecular flexibility index (Phi) is 3.72. The first-order valence-electron chi connectivity index (χ1n) is 5.06. The van der Waals surface area contributed by atoms with Gasteiger partial charge in [0.2, 0.25) is 5.82 Å². The molecule has 0 atom stereocenters. The highest BCUT2D eigenvalue weighted by Crippen LogP contribution is 2.25. The van der Waals surface area contributed by atoms with E-state index >= 15 is 0 Å². The average molecular weight is 259 g/mol. The number of aromatic nitrogens is 1. The molecule has 17 heavy (non-hydrogen) atoms. The molecule has 1 saturated heterocycles. The SMILES string of the molecule is O=[N+]([O-])c1cc(Cl)cnc1NN1CCOCC1. The zero-order chi connectivity index (χ0) is 12.3. The third kappa shape index (κ3) is 3.02. The molecule has 0 unspecified atom stereocenters. The number of hydrogen-bond acceptors (Lipinski definition) is 6. The van der Waals surface area contributed by atoms with E-state index < -0.39 is 4.92 Å². The van der Waals surface area contributed by atoms with Crippen molar-refractivity contribution in [1.29, 1.82) is 0 Å². The molecule has 0 saturated carbocycles. The van der Waals surface area contributed by atoms with Gasteiger partial charge in [-0.1, -0.05) is 11.6 Å². The monoisotopic (exact) mass is 258 g/mol. The summed E-state index contributed by atoms with van der Waals surface area (Å²) >= 11 is 5.68. The second-order valence-electron chi connectivity index (χ2n) is 3.49. The summed E-state index contributed by atoms with van der Waals surface area (Å²) < 4.78 is 5.18. The Morgan fingerprint density at radius 2 is 2.24 bits per heavy atom. The minimum Gasteiger partial charge on any atom is -0.379 e.